The topological polar surface area (TPSA) is 66.8 Å². The molecule has 1 aromatic rings. The lowest BCUT2D eigenvalue weighted by Gasteiger charge is -2.33. The van der Waals surface area contributed by atoms with Crippen molar-refractivity contribution in [3.63, 3.8) is 0 Å². The highest BCUT2D eigenvalue weighted by molar-refractivity contribution is 7.89. The maximum atomic E-state index is 12.5. The van der Waals surface area contributed by atoms with Gasteiger partial charge in [0.25, 0.3) is 0 Å². The second-order valence-electron chi connectivity index (χ2n) is 4.08. The van der Waals surface area contributed by atoms with E-state index in [9.17, 15) is 13.5 Å². The number of aliphatic hydroxyl groups excluding tert-OH is 1. The van der Waals surface area contributed by atoms with Gasteiger partial charge >= 0.3 is 0 Å². The van der Waals surface area contributed by atoms with Crippen LogP contribution in [0.3, 0.4) is 0 Å². The number of sulfonamides is 1. The van der Waals surface area contributed by atoms with Gasteiger partial charge in [0.1, 0.15) is 4.90 Å². The molecule has 1 N–H and O–H groups in total. The van der Waals surface area contributed by atoms with Crippen molar-refractivity contribution >= 4 is 33.2 Å². The summed E-state index contributed by atoms with van der Waals surface area (Å²) in [4.78, 5) is -0.0537. The summed E-state index contributed by atoms with van der Waals surface area (Å²) in [6, 6.07) is 3.84. The number of hydrogen-bond acceptors (Lipinski definition) is 4. The molecule has 19 heavy (non-hydrogen) atoms. The van der Waals surface area contributed by atoms with Crippen molar-refractivity contribution in [2.75, 3.05) is 26.4 Å². The zero-order valence-corrected chi connectivity index (χ0v) is 12.2. The van der Waals surface area contributed by atoms with Crippen molar-refractivity contribution in [3.8, 4) is 0 Å². The smallest absolute Gasteiger partial charge is 0.245 e. The number of rotatable bonds is 3. The summed E-state index contributed by atoms with van der Waals surface area (Å²) in [5, 5.41) is 9.42. The third-order valence-corrected chi connectivity index (χ3v) is 5.81. The highest BCUT2D eigenvalue weighted by Gasteiger charge is 2.35. The molecule has 0 radical (unpaired) electrons. The van der Waals surface area contributed by atoms with E-state index < -0.39 is 16.1 Å². The first kappa shape index (κ1) is 15.0. The molecule has 1 unspecified atom stereocenters. The van der Waals surface area contributed by atoms with E-state index in [4.69, 9.17) is 27.9 Å². The molecule has 0 spiro atoms. The molecule has 1 aliphatic rings. The van der Waals surface area contributed by atoms with Crippen LogP contribution in [0.15, 0.2) is 23.1 Å². The van der Waals surface area contributed by atoms with Crippen LogP contribution in [0.1, 0.15) is 0 Å². The van der Waals surface area contributed by atoms with Crippen molar-refractivity contribution in [2.45, 2.75) is 10.9 Å². The van der Waals surface area contributed by atoms with Gasteiger partial charge in [-0.3, -0.25) is 0 Å². The van der Waals surface area contributed by atoms with E-state index in [1.54, 1.807) is 0 Å². The minimum atomic E-state index is -3.80. The predicted molar refractivity (Wildman–Crippen MR) is 72.0 cm³/mol. The molecule has 1 aromatic carbocycles. The summed E-state index contributed by atoms with van der Waals surface area (Å²) in [6.07, 6.45) is 0. The zero-order valence-electron chi connectivity index (χ0n) is 9.92. The lowest BCUT2D eigenvalue weighted by Crippen LogP contribution is -2.50. The van der Waals surface area contributed by atoms with Crippen molar-refractivity contribution in [3.05, 3.63) is 28.2 Å². The molecule has 2 rings (SSSR count). The van der Waals surface area contributed by atoms with Gasteiger partial charge < -0.3 is 9.84 Å². The Hall–Kier alpha value is -0.370. The summed E-state index contributed by atoms with van der Waals surface area (Å²) in [7, 11) is -3.80. The average Bonchev–Trinajstić information content (AvgIpc) is 2.41. The van der Waals surface area contributed by atoms with E-state index in [1.165, 1.54) is 22.5 Å². The van der Waals surface area contributed by atoms with Gasteiger partial charge in [0, 0.05) is 6.54 Å². The van der Waals surface area contributed by atoms with Crippen LogP contribution in [0.5, 0.6) is 0 Å². The monoisotopic (exact) mass is 325 g/mol. The van der Waals surface area contributed by atoms with Gasteiger partial charge in [0.05, 0.1) is 35.9 Å². The molecule has 0 aromatic heterocycles. The molecule has 8 heteroatoms. The van der Waals surface area contributed by atoms with E-state index in [0.717, 1.165) is 0 Å². The number of benzene rings is 1. The summed E-state index contributed by atoms with van der Waals surface area (Å²) >= 11 is 11.8. The van der Waals surface area contributed by atoms with Crippen LogP contribution >= 0.6 is 23.2 Å². The third kappa shape index (κ3) is 2.89. The quantitative estimate of drug-likeness (QED) is 0.911. The fourth-order valence-corrected chi connectivity index (χ4v) is 4.23. The fraction of sp³-hybridized carbons (Fsp3) is 0.455. The molecular formula is C11H13Cl2NO4S. The first-order valence-corrected chi connectivity index (χ1v) is 7.82. The van der Waals surface area contributed by atoms with Gasteiger partial charge in [-0.15, -0.1) is 0 Å². The van der Waals surface area contributed by atoms with Crippen LogP contribution in [0, 0.1) is 0 Å². The molecule has 0 aliphatic carbocycles. The number of nitrogens with zero attached hydrogens (tertiary/aromatic N) is 1. The number of morpholine rings is 1. The minimum absolute atomic E-state index is 0.00708. The molecular weight excluding hydrogens is 313 g/mol. The van der Waals surface area contributed by atoms with Crippen LogP contribution in [0.2, 0.25) is 10.0 Å². The minimum Gasteiger partial charge on any atom is -0.395 e. The highest BCUT2D eigenvalue weighted by atomic mass is 35.5. The molecule has 0 amide bonds. The van der Waals surface area contributed by atoms with Crippen LogP contribution in [0.25, 0.3) is 0 Å². The van der Waals surface area contributed by atoms with Crippen LogP contribution in [0.4, 0.5) is 0 Å². The van der Waals surface area contributed by atoms with Gasteiger partial charge in [-0.2, -0.15) is 4.31 Å². The van der Waals surface area contributed by atoms with Gasteiger partial charge in [-0.25, -0.2) is 8.42 Å². The van der Waals surface area contributed by atoms with E-state index in [-0.39, 0.29) is 41.3 Å². The lowest BCUT2D eigenvalue weighted by atomic mass is 10.3. The molecule has 1 saturated heterocycles. The Labute approximate surface area is 121 Å². The number of ether oxygens (including phenoxy) is 1. The average molecular weight is 326 g/mol. The Morgan fingerprint density at radius 3 is 2.84 bits per heavy atom. The maximum absolute atomic E-state index is 12.5. The molecule has 1 heterocycles. The number of aliphatic hydroxyl groups is 1. The van der Waals surface area contributed by atoms with Gasteiger partial charge in [0.15, 0.2) is 0 Å². The standard InChI is InChI=1S/C11H13Cl2NO4S/c12-9-2-1-3-10(11(9)13)19(16,17)14-4-5-18-7-8(14)6-15/h1-3,8,15H,4-7H2. The van der Waals surface area contributed by atoms with Crippen LogP contribution < -0.4 is 0 Å². The third-order valence-electron chi connectivity index (χ3n) is 2.89. The maximum Gasteiger partial charge on any atom is 0.245 e. The van der Waals surface area contributed by atoms with Crippen LogP contribution in [-0.4, -0.2) is 50.2 Å². The Bertz CT molecular complexity index is 564. The molecule has 1 atom stereocenters. The molecule has 1 aliphatic heterocycles. The van der Waals surface area contributed by atoms with E-state index in [0.29, 0.717) is 0 Å². The molecule has 0 bridgehead atoms. The summed E-state index contributed by atoms with van der Waals surface area (Å²) < 4.78 is 31.5. The number of hydrogen-bond donors (Lipinski definition) is 1. The lowest BCUT2D eigenvalue weighted by molar-refractivity contribution is 0.0109. The molecule has 106 valence electrons. The zero-order chi connectivity index (χ0) is 14.0. The normalized spacial score (nSPS) is 21.5. The van der Waals surface area contributed by atoms with Crippen LogP contribution in [-0.2, 0) is 14.8 Å². The van der Waals surface area contributed by atoms with E-state index in [2.05, 4.69) is 0 Å². The Kier molecular flexibility index (Phi) is 4.70. The molecule has 1 fully saturated rings. The largest absolute Gasteiger partial charge is 0.395 e. The fourth-order valence-electron chi connectivity index (χ4n) is 1.91. The summed E-state index contributed by atoms with van der Waals surface area (Å²) in [5.41, 5.74) is 0. The van der Waals surface area contributed by atoms with Gasteiger partial charge in [-0.1, -0.05) is 29.3 Å². The van der Waals surface area contributed by atoms with E-state index in [1.807, 2.05) is 0 Å². The molecule has 0 saturated carbocycles. The van der Waals surface area contributed by atoms with Gasteiger partial charge in [0.2, 0.25) is 10.0 Å². The van der Waals surface area contributed by atoms with E-state index >= 15 is 0 Å². The first-order valence-electron chi connectivity index (χ1n) is 5.63. The second kappa shape index (κ2) is 5.95. The van der Waals surface area contributed by atoms with Crippen molar-refractivity contribution in [2.24, 2.45) is 0 Å². The Balaban J connectivity index is 2.44. The number of halogens is 2. The SMILES string of the molecule is O=S(=O)(c1cccc(Cl)c1Cl)N1CCOCC1CO. The Morgan fingerprint density at radius 1 is 1.42 bits per heavy atom. The predicted octanol–water partition coefficient (Wildman–Crippen LogP) is 1.38. The van der Waals surface area contributed by atoms with Crippen molar-refractivity contribution in [1.29, 1.82) is 0 Å². The Morgan fingerprint density at radius 2 is 2.16 bits per heavy atom. The summed E-state index contributed by atoms with van der Waals surface area (Å²) in [5.74, 6) is 0. The highest BCUT2D eigenvalue weighted by Crippen LogP contribution is 2.32. The van der Waals surface area contributed by atoms with Gasteiger partial charge in [-0.05, 0) is 12.1 Å². The molecule has 5 nitrogen and oxygen atoms in total. The summed E-state index contributed by atoms with van der Waals surface area (Å²) in [6.45, 7) is 0.315. The second-order valence-corrected chi connectivity index (χ2v) is 6.72. The van der Waals surface area contributed by atoms with Crippen molar-refractivity contribution < 1.29 is 18.3 Å². The van der Waals surface area contributed by atoms with Crippen molar-refractivity contribution in [1.82, 2.24) is 4.31 Å². The first-order chi connectivity index (χ1) is 8.98.